The second-order valence-corrected chi connectivity index (χ2v) is 4.48. The molecule has 20 heavy (non-hydrogen) atoms. The summed E-state index contributed by atoms with van der Waals surface area (Å²) in [4.78, 5) is 13.8. The number of hydrogen-bond acceptors (Lipinski definition) is 4. The van der Waals surface area contributed by atoms with E-state index in [1.165, 1.54) is 0 Å². The van der Waals surface area contributed by atoms with Gasteiger partial charge in [-0.05, 0) is 24.3 Å². The highest BCUT2D eigenvalue weighted by Crippen LogP contribution is 2.16. The van der Waals surface area contributed by atoms with Crippen LogP contribution in [0.2, 0.25) is 0 Å². The molecule has 3 N–H and O–H groups in total. The molecule has 1 amide bonds. The standard InChI is InChI=1S/C15H19N3O2/c1-20-13-6-4-5-12(11-13)17-15(19)8-10-18-9-3-2-7-14(18)16/h2-7,9,11,14H,8,10,16H2,1H3,(H,17,19). The Kier molecular flexibility index (Phi) is 4.79. The van der Waals surface area contributed by atoms with Crippen LogP contribution in [0, 0.1) is 0 Å². The van der Waals surface area contributed by atoms with Gasteiger partial charge in [-0.1, -0.05) is 12.1 Å². The highest BCUT2D eigenvalue weighted by atomic mass is 16.5. The summed E-state index contributed by atoms with van der Waals surface area (Å²) >= 11 is 0. The minimum Gasteiger partial charge on any atom is -0.497 e. The highest BCUT2D eigenvalue weighted by molar-refractivity contribution is 5.91. The van der Waals surface area contributed by atoms with Gasteiger partial charge in [-0.25, -0.2) is 0 Å². The molecule has 5 nitrogen and oxygen atoms in total. The molecule has 0 aliphatic carbocycles. The smallest absolute Gasteiger partial charge is 0.226 e. The quantitative estimate of drug-likeness (QED) is 0.856. The minimum atomic E-state index is -0.162. The zero-order chi connectivity index (χ0) is 14.4. The average Bonchev–Trinajstić information content (AvgIpc) is 2.46. The number of methoxy groups -OCH3 is 1. The zero-order valence-electron chi connectivity index (χ0n) is 11.5. The Hall–Kier alpha value is -2.27. The molecule has 0 radical (unpaired) electrons. The lowest BCUT2D eigenvalue weighted by Gasteiger charge is -2.26. The first-order valence-corrected chi connectivity index (χ1v) is 6.49. The van der Waals surface area contributed by atoms with Crippen molar-refractivity contribution in [3.05, 3.63) is 48.7 Å². The first-order chi connectivity index (χ1) is 9.69. The van der Waals surface area contributed by atoms with Gasteiger partial charge in [0.05, 0.1) is 13.3 Å². The molecule has 1 aromatic carbocycles. The van der Waals surface area contributed by atoms with Crippen molar-refractivity contribution in [1.82, 2.24) is 4.90 Å². The van der Waals surface area contributed by atoms with Gasteiger partial charge >= 0.3 is 0 Å². The van der Waals surface area contributed by atoms with Crippen molar-refractivity contribution < 1.29 is 9.53 Å². The lowest BCUT2D eigenvalue weighted by Crippen LogP contribution is -2.39. The van der Waals surface area contributed by atoms with E-state index in [1.807, 2.05) is 47.5 Å². The average molecular weight is 273 g/mol. The fraction of sp³-hybridized carbons (Fsp3) is 0.267. The number of amides is 1. The third-order valence-corrected chi connectivity index (χ3v) is 3.03. The minimum absolute atomic E-state index is 0.0478. The topological polar surface area (TPSA) is 67.6 Å². The van der Waals surface area contributed by atoms with Crippen LogP contribution < -0.4 is 15.8 Å². The lowest BCUT2D eigenvalue weighted by atomic mass is 10.2. The van der Waals surface area contributed by atoms with Crippen molar-refractivity contribution >= 4 is 11.6 Å². The Morgan fingerprint density at radius 1 is 1.45 bits per heavy atom. The van der Waals surface area contributed by atoms with Crippen LogP contribution in [0.4, 0.5) is 5.69 Å². The maximum Gasteiger partial charge on any atom is 0.226 e. The monoisotopic (exact) mass is 273 g/mol. The fourth-order valence-corrected chi connectivity index (χ4v) is 1.93. The first kappa shape index (κ1) is 14.1. The number of nitrogens with one attached hydrogen (secondary N) is 1. The van der Waals surface area contributed by atoms with Crippen LogP contribution in [0.3, 0.4) is 0 Å². The molecule has 1 aromatic rings. The van der Waals surface area contributed by atoms with Gasteiger partial charge in [-0.3, -0.25) is 4.79 Å². The zero-order valence-corrected chi connectivity index (χ0v) is 11.5. The number of rotatable bonds is 5. The largest absolute Gasteiger partial charge is 0.497 e. The Morgan fingerprint density at radius 3 is 3.05 bits per heavy atom. The van der Waals surface area contributed by atoms with E-state index in [0.29, 0.717) is 18.7 Å². The van der Waals surface area contributed by atoms with Gasteiger partial charge in [0.15, 0.2) is 0 Å². The number of nitrogens with zero attached hydrogens (tertiary/aromatic N) is 1. The van der Waals surface area contributed by atoms with E-state index < -0.39 is 0 Å². The highest BCUT2D eigenvalue weighted by Gasteiger charge is 2.11. The summed E-state index contributed by atoms with van der Waals surface area (Å²) in [5, 5.41) is 2.84. The van der Waals surface area contributed by atoms with E-state index in [2.05, 4.69) is 5.32 Å². The summed E-state index contributed by atoms with van der Waals surface area (Å²) in [5.41, 5.74) is 6.62. The van der Waals surface area contributed by atoms with Crippen LogP contribution in [0.1, 0.15) is 6.42 Å². The van der Waals surface area contributed by atoms with Crippen molar-refractivity contribution in [3.63, 3.8) is 0 Å². The van der Waals surface area contributed by atoms with Gasteiger partial charge in [-0.2, -0.15) is 0 Å². The van der Waals surface area contributed by atoms with E-state index in [1.54, 1.807) is 13.2 Å². The molecule has 0 saturated heterocycles. The molecule has 0 fully saturated rings. The normalized spacial score (nSPS) is 17.1. The van der Waals surface area contributed by atoms with E-state index in [-0.39, 0.29) is 12.1 Å². The molecular weight excluding hydrogens is 254 g/mol. The van der Waals surface area contributed by atoms with Crippen LogP contribution in [-0.4, -0.2) is 30.6 Å². The fourth-order valence-electron chi connectivity index (χ4n) is 1.93. The second-order valence-electron chi connectivity index (χ2n) is 4.48. The van der Waals surface area contributed by atoms with Crippen LogP contribution in [0.15, 0.2) is 48.7 Å². The van der Waals surface area contributed by atoms with Crippen molar-refractivity contribution in [1.29, 1.82) is 0 Å². The van der Waals surface area contributed by atoms with Crippen LogP contribution >= 0.6 is 0 Å². The van der Waals surface area contributed by atoms with Crippen molar-refractivity contribution in [2.75, 3.05) is 19.0 Å². The van der Waals surface area contributed by atoms with Gasteiger partial charge in [0.1, 0.15) is 5.75 Å². The molecule has 0 spiro atoms. The number of benzene rings is 1. The number of ether oxygens (including phenoxy) is 1. The van der Waals surface area contributed by atoms with Gasteiger partial charge in [0.25, 0.3) is 0 Å². The number of nitrogens with two attached hydrogens (primary N) is 1. The Bertz CT molecular complexity index is 526. The summed E-state index contributed by atoms with van der Waals surface area (Å²) in [7, 11) is 1.60. The SMILES string of the molecule is COc1cccc(NC(=O)CCN2C=CC=CC2N)c1. The molecule has 0 bridgehead atoms. The van der Waals surface area contributed by atoms with E-state index in [9.17, 15) is 4.79 Å². The first-order valence-electron chi connectivity index (χ1n) is 6.49. The second kappa shape index (κ2) is 6.77. The number of anilines is 1. The summed E-state index contributed by atoms with van der Waals surface area (Å²) < 4.78 is 5.11. The summed E-state index contributed by atoms with van der Waals surface area (Å²) in [6.45, 7) is 0.581. The molecule has 1 unspecified atom stereocenters. The summed E-state index contributed by atoms with van der Waals surface area (Å²) in [6.07, 6.45) is 7.80. The maximum absolute atomic E-state index is 11.9. The number of carbonyl (C=O) groups is 1. The number of carbonyl (C=O) groups excluding carboxylic acids is 1. The van der Waals surface area contributed by atoms with Crippen molar-refractivity contribution in [3.8, 4) is 5.75 Å². The van der Waals surface area contributed by atoms with Crippen molar-refractivity contribution in [2.24, 2.45) is 5.73 Å². The molecule has 1 atom stereocenters. The van der Waals surface area contributed by atoms with Crippen LogP contribution in [0.5, 0.6) is 5.75 Å². The molecule has 1 aliphatic rings. The molecule has 0 aromatic heterocycles. The van der Waals surface area contributed by atoms with Gasteiger partial charge in [0.2, 0.25) is 5.91 Å². The Balaban J connectivity index is 1.83. The molecule has 5 heteroatoms. The van der Waals surface area contributed by atoms with Gasteiger partial charge in [0, 0.05) is 30.9 Å². The predicted molar refractivity (Wildman–Crippen MR) is 79.2 cm³/mol. The van der Waals surface area contributed by atoms with Crippen molar-refractivity contribution in [2.45, 2.75) is 12.6 Å². The van der Waals surface area contributed by atoms with E-state index in [4.69, 9.17) is 10.5 Å². The Labute approximate surface area is 118 Å². The molecule has 1 heterocycles. The summed E-state index contributed by atoms with van der Waals surface area (Å²) in [6, 6.07) is 7.28. The third-order valence-electron chi connectivity index (χ3n) is 3.03. The number of allylic oxidation sites excluding steroid dienone is 2. The van der Waals surface area contributed by atoms with Gasteiger partial charge < -0.3 is 20.7 Å². The molecule has 106 valence electrons. The maximum atomic E-state index is 11.9. The summed E-state index contributed by atoms with van der Waals surface area (Å²) in [5.74, 6) is 0.669. The molecular formula is C15H19N3O2. The van der Waals surface area contributed by atoms with Gasteiger partial charge in [-0.15, -0.1) is 0 Å². The van der Waals surface area contributed by atoms with E-state index in [0.717, 1.165) is 5.69 Å². The predicted octanol–water partition coefficient (Wildman–Crippen LogP) is 1.69. The molecule has 1 aliphatic heterocycles. The molecule has 2 rings (SSSR count). The van der Waals surface area contributed by atoms with Crippen LogP contribution in [0.25, 0.3) is 0 Å². The van der Waals surface area contributed by atoms with Crippen LogP contribution in [-0.2, 0) is 4.79 Å². The molecule has 0 saturated carbocycles. The lowest BCUT2D eigenvalue weighted by molar-refractivity contribution is -0.116. The Morgan fingerprint density at radius 2 is 2.30 bits per heavy atom. The third kappa shape index (κ3) is 3.86. The number of hydrogen-bond donors (Lipinski definition) is 2. The van der Waals surface area contributed by atoms with E-state index >= 15 is 0 Å².